The van der Waals surface area contributed by atoms with Crippen LogP contribution in [0.1, 0.15) is 18.0 Å². The molecule has 0 saturated carbocycles. The highest BCUT2D eigenvalue weighted by atomic mass is 32.2. The second-order valence-electron chi connectivity index (χ2n) is 4.87. The maximum atomic E-state index is 12.1. The van der Waals surface area contributed by atoms with Gasteiger partial charge in [-0.25, -0.2) is 9.97 Å². The summed E-state index contributed by atoms with van der Waals surface area (Å²) in [6, 6.07) is 4.94. The molecule has 7 heteroatoms. The third-order valence-electron chi connectivity index (χ3n) is 3.22. The van der Waals surface area contributed by atoms with Gasteiger partial charge in [0.2, 0.25) is 5.91 Å². The Kier molecular flexibility index (Phi) is 3.74. The molecule has 1 N–H and O–H groups in total. The zero-order valence-corrected chi connectivity index (χ0v) is 12.3. The Morgan fingerprint density at radius 2 is 2.24 bits per heavy atom. The van der Waals surface area contributed by atoms with Crippen LogP contribution in [0.3, 0.4) is 0 Å². The van der Waals surface area contributed by atoms with Crippen LogP contribution in [0.5, 0.6) is 0 Å². The van der Waals surface area contributed by atoms with Gasteiger partial charge in [0, 0.05) is 30.6 Å². The molecular formula is C14H14N4O2S. The number of nitrogens with one attached hydrogen (secondary N) is 1. The van der Waals surface area contributed by atoms with Gasteiger partial charge in [0.25, 0.3) is 5.56 Å². The monoisotopic (exact) mass is 302 g/mol. The lowest BCUT2D eigenvalue weighted by molar-refractivity contribution is -0.116. The molecule has 1 atom stereocenters. The van der Waals surface area contributed by atoms with Crippen LogP contribution in [0.25, 0.3) is 0 Å². The quantitative estimate of drug-likeness (QED) is 0.872. The van der Waals surface area contributed by atoms with Crippen LogP contribution in [0.4, 0.5) is 5.82 Å². The number of nitrogens with zero attached hydrogens (tertiary/aromatic N) is 3. The maximum absolute atomic E-state index is 12.1. The number of fused-ring (bicyclic) bond motifs is 1. The lowest BCUT2D eigenvalue weighted by Crippen LogP contribution is -2.27. The number of hydrogen-bond donors (Lipinski definition) is 1. The Hall–Kier alpha value is -2.15. The molecule has 108 valence electrons. The van der Waals surface area contributed by atoms with Gasteiger partial charge in [0.05, 0.1) is 6.04 Å². The third kappa shape index (κ3) is 2.97. The van der Waals surface area contributed by atoms with Crippen LogP contribution in [0.2, 0.25) is 0 Å². The molecule has 0 aromatic carbocycles. The summed E-state index contributed by atoms with van der Waals surface area (Å²) in [4.78, 5) is 32.2. The first-order valence-corrected chi connectivity index (χ1v) is 7.55. The molecule has 0 aliphatic carbocycles. The molecule has 0 radical (unpaired) electrons. The lowest BCUT2D eigenvalue weighted by Gasteiger charge is -2.12. The maximum Gasteiger partial charge on any atom is 0.254 e. The van der Waals surface area contributed by atoms with Crippen molar-refractivity contribution < 1.29 is 4.79 Å². The van der Waals surface area contributed by atoms with E-state index < -0.39 is 0 Å². The zero-order valence-electron chi connectivity index (χ0n) is 11.4. The number of hydrogen-bond acceptors (Lipinski definition) is 5. The Morgan fingerprint density at radius 1 is 1.43 bits per heavy atom. The molecule has 21 heavy (non-hydrogen) atoms. The van der Waals surface area contributed by atoms with Crippen molar-refractivity contribution in [2.24, 2.45) is 0 Å². The van der Waals surface area contributed by atoms with Crippen molar-refractivity contribution in [3.8, 4) is 0 Å². The predicted octanol–water partition coefficient (Wildman–Crippen LogP) is 1.62. The normalized spacial score (nSPS) is 16.5. The van der Waals surface area contributed by atoms with Gasteiger partial charge in [0.15, 0.2) is 5.16 Å². The first kappa shape index (κ1) is 13.8. The van der Waals surface area contributed by atoms with Gasteiger partial charge in [0.1, 0.15) is 5.82 Å². The van der Waals surface area contributed by atoms with Crippen LogP contribution in [-0.4, -0.2) is 26.2 Å². The Labute approximate surface area is 125 Å². The summed E-state index contributed by atoms with van der Waals surface area (Å²) in [5, 5.41) is 3.44. The average molecular weight is 302 g/mol. The number of rotatable bonds is 3. The molecule has 0 unspecified atom stereocenters. The smallest absolute Gasteiger partial charge is 0.254 e. The molecule has 0 spiro atoms. The highest BCUT2D eigenvalue weighted by Gasteiger charge is 2.26. The fourth-order valence-corrected chi connectivity index (χ4v) is 3.37. The zero-order chi connectivity index (χ0) is 14.8. The molecule has 0 bridgehead atoms. The predicted molar refractivity (Wildman–Crippen MR) is 80.5 cm³/mol. The molecule has 0 fully saturated rings. The second-order valence-corrected chi connectivity index (χ2v) is 5.86. The number of anilines is 1. The van der Waals surface area contributed by atoms with E-state index in [4.69, 9.17) is 0 Å². The van der Waals surface area contributed by atoms with Crippen LogP contribution in [0, 0.1) is 6.92 Å². The van der Waals surface area contributed by atoms with E-state index in [1.165, 1.54) is 24.0 Å². The minimum atomic E-state index is -0.156. The van der Waals surface area contributed by atoms with Crippen LogP contribution in [0.15, 0.2) is 40.5 Å². The number of carbonyl (C=O) groups excluding carboxylic acids is 1. The number of amides is 1. The average Bonchev–Trinajstić information content (AvgIpc) is 2.83. The van der Waals surface area contributed by atoms with Gasteiger partial charge in [-0.05, 0) is 24.6 Å². The van der Waals surface area contributed by atoms with Crippen LogP contribution < -0.4 is 10.9 Å². The van der Waals surface area contributed by atoms with E-state index in [1.807, 2.05) is 19.1 Å². The summed E-state index contributed by atoms with van der Waals surface area (Å²) >= 11 is 1.50. The molecular weight excluding hydrogens is 288 g/mol. The van der Waals surface area contributed by atoms with Crippen molar-refractivity contribution in [1.82, 2.24) is 14.5 Å². The van der Waals surface area contributed by atoms with Gasteiger partial charge < -0.3 is 5.32 Å². The highest BCUT2D eigenvalue weighted by molar-refractivity contribution is 7.99. The number of thioether (sulfide) groups is 1. The molecule has 1 amide bonds. The molecule has 2 aromatic heterocycles. The Balaban J connectivity index is 1.71. The SMILES string of the molecule is Cc1ccnc(NC(=O)C[C@@H]2CSc3nccc(=O)n32)c1. The standard InChI is InChI=1S/C14H14N4O2S/c1-9-2-4-15-11(6-9)17-12(19)7-10-8-21-14-16-5-3-13(20)18(10)14/h2-6,10H,7-8H2,1H3,(H,15,17,19)/t10-/m1/s1. The van der Waals surface area contributed by atoms with Crippen molar-refractivity contribution in [2.45, 2.75) is 24.5 Å². The number of aryl methyl sites for hydroxylation is 1. The molecule has 0 saturated heterocycles. The fraction of sp³-hybridized carbons (Fsp3) is 0.286. The summed E-state index contributed by atoms with van der Waals surface area (Å²) in [6.45, 7) is 1.94. The van der Waals surface area contributed by atoms with Gasteiger partial charge in [-0.2, -0.15) is 0 Å². The Bertz CT molecular complexity index is 744. The molecule has 1 aliphatic heterocycles. The van der Waals surface area contributed by atoms with Crippen molar-refractivity contribution in [3.05, 3.63) is 46.5 Å². The largest absolute Gasteiger partial charge is 0.311 e. The van der Waals surface area contributed by atoms with E-state index in [9.17, 15) is 9.59 Å². The first-order valence-electron chi connectivity index (χ1n) is 6.56. The van der Waals surface area contributed by atoms with Crippen molar-refractivity contribution in [2.75, 3.05) is 11.1 Å². The molecule has 3 rings (SSSR count). The third-order valence-corrected chi connectivity index (χ3v) is 4.33. The van der Waals surface area contributed by atoms with E-state index in [1.54, 1.807) is 10.8 Å². The Morgan fingerprint density at radius 3 is 3.05 bits per heavy atom. The minimum absolute atomic E-state index is 0.114. The van der Waals surface area contributed by atoms with Gasteiger partial charge in [-0.3, -0.25) is 14.2 Å². The summed E-state index contributed by atoms with van der Waals surface area (Å²) in [5.74, 6) is 1.06. The highest BCUT2D eigenvalue weighted by Crippen LogP contribution is 2.31. The van der Waals surface area contributed by atoms with E-state index in [0.717, 1.165) is 5.56 Å². The summed E-state index contributed by atoms with van der Waals surface area (Å²) in [7, 11) is 0. The molecule has 6 nitrogen and oxygen atoms in total. The van der Waals surface area contributed by atoms with Crippen molar-refractivity contribution in [1.29, 1.82) is 0 Å². The van der Waals surface area contributed by atoms with Gasteiger partial charge in [-0.15, -0.1) is 0 Å². The number of aromatic nitrogens is 3. The number of pyridine rings is 1. The number of carbonyl (C=O) groups is 1. The van der Waals surface area contributed by atoms with E-state index in [0.29, 0.717) is 16.7 Å². The van der Waals surface area contributed by atoms with Crippen LogP contribution in [-0.2, 0) is 4.79 Å². The summed E-state index contributed by atoms with van der Waals surface area (Å²) in [6.07, 6.45) is 3.39. The first-order chi connectivity index (χ1) is 10.1. The lowest BCUT2D eigenvalue weighted by atomic mass is 10.2. The van der Waals surface area contributed by atoms with Crippen LogP contribution >= 0.6 is 11.8 Å². The van der Waals surface area contributed by atoms with Gasteiger partial charge >= 0.3 is 0 Å². The fourth-order valence-electron chi connectivity index (χ4n) is 2.25. The topological polar surface area (TPSA) is 76.9 Å². The minimum Gasteiger partial charge on any atom is -0.311 e. The van der Waals surface area contributed by atoms with E-state index in [2.05, 4.69) is 15.3 Å². The molecule has 2 aromatic rings. The van der Waals surface area contributed by atoms with Crippen molar-refractivity contribution >= 4 is 23.5 Å². The molecule has 3 heterocycles. The van der Waals surface area contributed by atoms with E-state index >= 15 is 0 Å². The van der Waals surface area contributed by atoms with Gasteiger partial charge in [-0.1, -0.05) is 11.8 Å². The second kappa shape index (κ2) is 5.69. The molecule has 1 aliphatic rings. The van der Waals surface area contributed by atoms with Crippen molar-refractivity contribution in [3.63, 3.8) is 0 Å². The van der Waals surface area contributed by atoms with E-state index in [-0.39, 0.29) is 23.9 Å². The summed E-state index contributed by atoms with van der Waals surface area (Å²) in [5.41, 5.74) is 0.916. The summed E-state index contributed by atoms with van der Waals surface area (Å²) < 4.78 is 1.59.